The second-order valence-corrected chi connectivity index (χ2v) is 7.83. The van der Waals surface area contributed by atoms with Crippen LogP contribution in [0, 0.1) is 0 Å². The summed E-state index contributed by atoms with van der Waals surface area (Å²) in [5.41, 5.74) is 3.05. The van der Waals surface area contributed by atoms with Crippen molar-refractivity contribution in [3.63, 3.8) is 0 Å². The summed E-state index contributed by atoms with van der Waals surface area (Å²) in [7, 11) is 1.72. The van der Waals surface area contributed by atoms with Crippen LogP contribution in [0.4, 0.5) is 0 Å². The lowest BCUT2D eigenvalue weighted by Gasteiger charge is -2.51. The van der Waals surface area contributed by atoms with Gasteiger partial charge in [0, 0.05) is 43.5 Å². The zero-order valence-electron chi connectivity index (χ0n) is 16.6. The van der Waals surface area contributed by atoms with E-state index >= 15 is 0 Å². The number of hydrogen-bond donors (Lipinski definition) is 0. The molecule has 5 rings (SSSR count). The third-order valence-electron chi connectivity index (χ3n) is 6.41. The van der Waals surface area contributed by atoms with Gasteiger partial charge in [-0.2, -0.15) is 5.10 Å². The Bertz CT molecular complexity index is 902. The Morgan fingerprint density at radius 2 is 1.86 bits per heavy atom. The average Bonchev–Trinajstić information content (AvgIpc) is 3.21. The van der Waals surface area contributed by atoms with Crippen molar-refractivity contribution in [1.82, 2.24) is 9.91 Å². The van der Waals surface area contributed by atoms with E-state index in [4.69, 9.17) is 14.6 Å². The van der Waals surface area contributed by atoms with Crippen LogP contribution in [0.1, 0.15) is 43.4 Å². The van der Waals surface area contributed by atoms with Gasteiger partial charge in [-0.15, -0.1) is 0 Å². The molecule has 1 fully saturated rings. The predicted molar refractivity (Wildman–Crippen MR) is 110 cm³/mol. The number of para-hydroxylation sites is 2. The molecule has 0 aliphatic carbocycles. The highest BCUT2D eigenvalue weighted by Gasteiger charge is 2.51. The van der Waals surface area contributed by atoms with Crippen LogP contribution in [-0.2, 0) is 0 Å². The molecule has 2 aromatic rings. The van der Waals surface area contributed by atoms with E-state index in [1.165, 1.54) is 5.56 Å². The molecule has 5 nitrogen and oxygen atoms in total. The predicted octanol–water partition coefficient (Wildman–Crippen LogP) is 4.05. The number of likely N-dealkylation sites (tertiary alicyclic amines) is 1. The number of hydrogen-bond acceptors (Lipinski definition) is 5. The third-order valence-corrected chi connectivity index (χ3v) is 6.41. The van der Waals surface area contributed by atoms with Gasteiger partial charge in [0.25, 0.3) is 0 Å². The highest BCUT2D eigenvalue weighted by molar-refractivity contribution is 6.04. The van der Waals surface area contributed by atoms with Gasteiger partial charge in [0.15, 0.2) is 0 Å². The quantitative estimate of drug-likeness (QED) is 0.809. The number of hydrazone groups is 1. The lowest BCUT2D eigenvalue weighted by Crippen LogP contribution is -2.59. The largest absolute Gasteiger partial charge is 0.496 e. The van der Waals surface area contributed by atoms with E-state index in [2.05, 4.69) is 53.2 Å². The summed E-state index contributed by atoms with van der Waals surface area (Å²) in [5.74, 6) is 1.90. The van der Waals surface area contributed by atoms with Gasteiger partial charge in [-0.05, 0) is 24.7 Å². The maximum Gasteiger partial charge on any atom is 0.200 e. The van der Waals surface area contributed by atoms with Crippen LogP contribution >= 0.6 is 0 Å². The topological polar surface area (TPSA) is 37.3 Å². The van der Waals surface area contributed by atoms with Crippen LogP contribution in [0.3, 0.4) is 0 Å². The van der Waals surface area contributed by atoms with Crippen molar-refractivity contribution in [2.45, 2.75) is 38.0 Å². The first kappa shape index (κ1) is 17.6. The minimum absolute atomic E-state index is 0.220. The van der Waals surface area contributed by atoms with Crippen LogP contribution < -0.4 is 9.47 Å². The fourth-order valence-corrected chi connectivity index (χ4v) is 4.82. The number of nitrogens with zero attached hydrogens (tertiary/aromatic N) is 3. The summed E-state index contributed by atoms with van der Waals surface area (Å²) < 4.78 is 12.3. The Labute approximate surface area is 166 Å². The lowest BCUT2D eigenvalue weighted by atomic mass is 9.90. The summed E-state index contributed by atoms with van der Waals surface area (Å²) in [5, 5.41) is 7.41. The third kappa shape index (κ3) is 2.68. The molecule has 0 bridgehead atoms. The molecule has 3 aliphatic heterocycles. The first-order valence-electron chi connectivity index (χ1n) is 10.2. The summed E-state index contributed by atoms with van der Waals surface area (Å²) >= 11 is 0. The highest BCUT2D eigenvalue weighted by Crippen LogP contribution is 2.50. The zero-order valence-corrected chi connectivity index (χ0v) is 16.6. The van der Waals surface area contributed by atoms with E-state index in [0.29, 0.717) is 0 Å². The van der Waals surface area contributed by atoms with Crippen LogP contribution in [0.25, 0.3) is 0 Å². The zero-order chi connectivity index (χ0) is 19.1. The van der Waals surface area contributed by atoms with Crippen molar-refractivity contribution < 1.29 is 9.47 Å². The molecule has 2 aromatic carbocycles. The molecule has 5 heteroatoms. The fraction of sp³-hybridized carbons (Fsp3) is 0.435. The van der Waals surface area contributed by atoms with Crippen molar-refractivity contribution in [3.8, 4) is 11.5 Å². The molecule has 0 saturated carbocycles. The van der Waals surface area contributed by atoms with E-state index in [1.54, 1.807) is 7.11 Å². The van der Waals surface area contributed by atoms with Gasteiger partial charge in [0.2, 0.25) is 5.72 Å². The number of piperidine rings is 1. The summed E-state index contributed by atoms with van der Waals surface area (Å²) in [6.45, 7) is 5.40. The average molecular weight is 377 g/mol. The van der Waals surface area contributed by atoms with Gasteiger partial charge in [0.1, 0.15) is 11.5 Å². The number of methoxy groups -OCH3 is 1. The first-order chi connectivity index (χ1) is 13.7. The minimum Gasteiger partial charge on any atom is -0.496 e. The monoisotopic (exact) mass is 377 g/mol. The number of benzene rings is 2. The van der Waals surface area contributed by atoms with Gasteiger partial charge < -0.3 is 14.4 Å². The molecule has 0 aromatic heterocycles. The van der Waals surface area contributed by atoms with Crippen molar-refractivity contribution >= 4 is 5.71 Å². The molecule has 3 heterocycles. The molecular weight excluding hydrogens is 350 g/mol. The number of fused-ring (bicyclic) bond motifs is 4. The van der Waals surface area contributed by atoms with Gasteiger partial charge in [-0.3, -0.25) is 0 Å². The molecule has 0 radical (unpaired) electrons. The fourth-order valence-electron chi connectivity index (χ4n) is 4.82. The Balaban J connectivity index is 1.57. The van der Waals surface area contributed by atoms with Gasteiger partial charge >= 0.3 is 0 Å². The van der Waals surface area contributed by atoms with E-state index < -0.39 is 0 Å². The minimum atomic E-state index is -0.353. The standard InChI is InChI=1S/C23H27N3O2/c1-3-25-14-12-23(13-15-25)26-20(18-9-5-7-11-22(18)28-23)16-19(24-26)17-8-4-6-10-21(17)27-2/h4-11,20H,3,12-16H2,1-2H3/t20-/m0/s1. The lowest BCUT2D eigenvalue weighted by molar-refractivity contribution is -0.149. The van der Waals surface area contributed by atoms with Crippen LogP contribution in [0.5, 0.6) is 11.5 Å². The molecule has 1 saturated heterocycles. The second-order valence-electron chi connectivity index (χ2n) is 7.83. The van der Waals surface area contributed by atoms with Gasteiger partial charge in [0.05, 0.1) is 18.9 Å². The van der Waals surface area contributed by atoms with Crippen LogP contribution in [-0.4, -0.2) is 48.1 Å². The van der Waals surface area contributed by atoms with E-state index in [0.717, 1.165) is 61.7 Å². The number of rotatable bonds is 3. The Kier molecular flexibility index (Phi) is 4.27. The molecule has 0 unspecified atom stereocenters. The molecule has 3 aliphatic rings. The van der Waals surface area contributed by atoms with E-state index in [1.807, 2.05) is 12.1 Å². The van der Waals surface area contributed by atoms with Crippen LogP contribution in [0.15, 0.2) is 53.6 Å². The highest BCUT2D eigenvalue weighted by atomic mass is 16.5. The molecular formula is C23H27N3O2. The normalized spacial score (nSPS) is 23.0. The van der Waals surface area contributed by atoms with Crippen molar-refractivity contribution in [2.24, 2.45) is 5.10 Å². The molecule has 0 N–H and O–H groups in total. The summed E-state index contributed by atoms with van der Waals surface area (Å²) in [6.07, 6.45) is 2.81. The van der Waals surface area contributed by atoms with Crippen molar-refractivity contribution in [1.29, 1.82) is 0 Å². The van der Waals surface area contributed by atoms with Gasteiger partial charge in [-0.1, -0.05) is 37.3 Å². The first-order valence-corrected chi connectivity index (χ1v) is 10.2. The second kappa shape index (κ2) is 6.82. The Hall–Kier alpha value is -2.53. The SMILES string of the molecule is CCN1CCC2(CC1)Oc1ccccc1[C@@H]1CC(c3ccccc3OC)=NN12. The molecule has 146 valence electrons. The summed E-state index contributed by atoms with van der Waals surface area (Å²) in [4.78, 5) is 2.49. The Morgan fingerprint density at radius 3 is 2.64 bits per heavy atom. The smallest absolute Gasteiger partial charge is 0.200 e. The van der Waals surface area contributed by atoms with E-state index in [9.17, 15) is 0 Å². The van der Waals surface area contributed by atoms with Crippen molar-refractivity contribution in [3.05, 3.63) is 59.7 Å². The molecule has 28 heavy (non-hydrogen) atoms. The summed E-state index contributed by atoms with van der Waals surface area (Å²) in [6, 6.07) is 16.9. The Morgan fingerprint density at radius 1 is 1.11 bits per heavy atom. The molecule has 0 amide bonds. The van der Waals surface area contributed by atoms with Crippen molar-refractivity contribution in [2.75, 3.05) is 26.7 Å². The van der Waals surface area contributed by atoms with Gasteiger partial charge in [-0.25, -0.2) is 5.01 Å². The molecule has 1 spiro atoms. The maximum atomic E-state index is 6.67. The molecule has 1 atom stereocenters. The van der Waals surface area contributed by atoms with Crippen LogP contribution in [0.2, 0.25) is 0 Å². The maximum absolute atomic E-state index is 6.67. The van der Waals surface area contributed by atoms with E-state index in [-0.39, 0.29) is 11.8 Å². The number of ether oxygens (including phenoxy) is 2.